The number of aryl methyl sites for hydroxylation is 1. The van der Waals surface area contributed by atoms with Gasteiger partial charge in [0.1, 0.15) is 6.54 Å². The third-order valence-electron chi connectivity index (χ3n) is 5.26. The Kier molecular flexibility index (Phi) is 8.06. The topological polar surface area (TPSA) is 76.2 Å². The number of likely N-dealkylation sites (N-methyl/N-ethyl adjacent to an activating group) is 1. The SMILES string of the molecule is COc1ccc(CN(C)C(=O)CN(c2cccc(C)c2)S(=O)(=O)c2ccc(Cl)cc2)cc1OC. The van der Waals surface area contributed by atoms with Gasteiger partial charge in [-0.05, 0) is 66.6 Å². The van der Waals surface area contributed by atoms with Crippen molar-refractivity contribution in [3.8, 4) is 11.5 Å². The van der Waals surface area contributed by atoms with Gasteiger partial charge in [-0.15, -0.1) is 0 Å². The molecule has 0 saturated carbocycles. The first-order valence-electron chi connectivity index (χ1n) is 10.5. The molecule has 0 radical (unpaired) electrons. The Hall–Kier alpha value is -3.23. The van der Waals surface area contributed by atoms with Gasteiger partial charge in [-0.25, -0.2) is 8.42 Å². The van der Waals surface area contributed by atoms with Crippen LogP contribution in [0.5, 0.6) is 11.5 Å². The van der Waals surface area contributed by atoms with E-state index in [1.165, 1.54) is 36.3 Å². The Morgan fingerprint density at radius 2 is 1.62 bits per heavy atom. The highest BCUT2D eigenvalue weighted by Gasteiger charge is 2.28. The van der Waals surface area contributed by atoms with Crippen molar-refractivity contribution >= 4 is 33.2 Å². The van der Waals surface area contributed by atoms with Gasteiger partial charge < -0.3 is 14.4 Å². The fraction of sp³-hybridized carbons (Fsp3) is 0.240. The number of methoxy groups -OCH3 is 2. The predicted molar refractivity (Wildman–Crippen MR) is 133 cm³/mol. The number of hydrogen-bond donors (Lipinski definition) is 0. The first-order chi connectivity index (χ1) is 16.1. The highest BCUT2D eigenvalue weighted by atomic mass is 35.5. The van der Waals surface area contributed by atoms with E-state index >= 15 is 0 Å². The van der Waals surface area contributed by atoms with E-state index in [0.717, 1.165) is 15.4 Å². The molecular formula is C25H27ClN2O5S. The number of hydrogen-bond acceptors (Lipinski definition) is 5. The number of benzene rings is 3. The zero-order chi connectivity index (χ0) is 24.9. The van der Waals surface area contributed by atoms with Crippen LogP contribution in [0.3, 0.4) is 0 Å². The second-order valence-corrected chi connectivity index (χ2v) is 10.0. The standard InChI is InChI=1S/C25H27ClN2O5S/c1-18-6-5-7-21(14-18)28(34(30,31)22-11-9-20(26)10-12-22)17-25(29)27(2)16-19-8-13-23(32-3)24(15-19)33-4/h5-15H,16-17H2,1-4H3. The van der Waals surface area contributed by atoms with Crippen molar-refractivity contribution in [1.82, 2.24) is 4.90 Å². The average Bonchev–Trinajstić information content (AvgIpc) is 2.82. The minimum absolute atomic E-state index is 0.0498. The number of sulfonamides is 1. The molecule has 0 aliphatic rings. The molecule has 9 heteroatoms. The number of carbonyl (C=O) groups is 1. The highest BCUT2D eigenvalue weighted by Crippen LogP contribution is 2.29. The van der Waals surface area contributed by atoms with Crippen molar-refractivity contribution in [1.29, 1.82) is 0 Å². The van der Waals surface area contributed by atoms with Crippen LogP contribution in [0.2, 0.25) is 5.02 Å². The maximum absolute atomic E-state index is 13.5. The lowest BCUT2D eigenvalue weighted by Crippen LogP contribution is -2.41. The minimum atomic E-state index is -4.02. The van der Waals surface area contributed by atoms with Crippen LogP contribution in [-0.4, -0.2) is 47.0 Å². The Morgan fingerprint density at radius 3 is 2.24 bits per heavy atom. The maximum atomic E-state index is 13.5. The van der Waals surface area contributed by atoms with E-state index in [4.69, 9.17) is 21.1 Å². The summed E-state index contributed by atoms with van der Waals surface area (Å²) < 4.78 is 38.7. The molecule has 0 bridgehead atoms. The molecule has 3 rings (SSSR count). The Labute approximate surface area is 205 Å². The second-order valence-electron chi connectivity index (χ2n) is 7.74. The smallest absolute Gasteiger partial charge is 0.264 e. The molecule has 0 atom stereocenters. The zero-order valence-corrected chi connectivity index (χ0v) is 21.1. The van der Waals surface area contributed by atoms with Gasteiger partial charge in [0.25, 0.3) is 10.0 Å². The maximum Gasteiger partial charge on any atom is 0.264 e. The first-order valence-corrected chi connectivity index (χ1v) is 12.3. The number of carbonyl (C=O) groups excluding carboxylic acids is 1. The lowest BCUT2D eigenvalue weighted by Gasteiger charge is -2.27. The van der Waals surface area contributed by atoms with Gasteiger partial charge in [0, 0.05) is 18.6 Å². The number of amides is 1. The largest absolute Gasteiger partial charge is 0.493 e. The highest BCUT2D eigenvalue weighted by molar-refractivity contribution is 7.92. The van der Waals surface area contributed by atoms with Crippen LogP contribution < -0.4 is 13.8 Å². The number of ether oxygens (including phenoxy) is 2. The van der Waals surface area contributed by atoms with E-state index in [1.807, 2.05) is 19.1 Å². The number of halogens is 1. The lowest BCUT2D eigenvalue weighted by molar-refractivity contribution is -0.128. The van der Waals surface area contributed by atoms with Crippen LogP contribution in [0.25, 0.3) is 0 Å². The molecule has 0 aromatic heterocycles. The van der Waals surface area contributed by atoms with Crippen molar-refractivity contribution in [2.24, 2.45) is 0 Å². The van der Waals surface area contributed by atoms with Gasteiger partial charge in [0.15, 0.2) is 11.5 Å². The number of rotatable bonds is 9. The molecule has 7 nitrogen and oxygen atoms in total. The molecule has 1 amide bonds. The summed E-state index contributed by atoms with van der Waals surface area (Å²) in [5.74, 6) is 0.765. The normalized spacial score (nSPS) is 11.1. The monoisotopic (exact) mass is 502 g/mol. The van der Waals surface area contributed by atoms with Gasteiger partial charge in [-0.1, -0.05) is 29.8 Å². The molecule has 0 spiro atoms. The predicted octanol–water partition coefficient (Wildman–Crippen LogP) is 4.52. The fourth-order valence-corrected chi connectivity index (χ4v) is 4.95. The summed E-state index contributed by atoms with van der Waals surface area (Å²) >= 11 is 5.94. The Morgan fingerprint density at radius 1 is 0.941 bits per heavy atom. The molecule has 0 saturated heterocycles. The number of nitrogens with zero attached hydrogens (tertiary/aromatic N) is 2. The van der Waals surface area contributed by atoms with Gasteiger partial charge in [-0.2, -0.15) is 0 Å². The van der Waals surface area contributed by atoms with E-state index in [0.29, 0.717) is 22.2 Å². The van der Waals surface area contributed by atoms with Crippen molar-refractivity contribution in [2.75, 3.05) is 32.1 Å². The van der Waals surface area contributed by atoms with Crippen molar-refractivity contribution in [3.63, 3.8) is 0 Å². The molecule has 0 aliphatic heterocycles. The first kappa shape index (κ1) is 25.4. The van der Waals surface area contributed by atoms with E-state index in [2.05, 4.69) is 0 Å². The van der Waals surface area contributed by atoms with Gasteiger partial charge >= 0.3 is 0 Å². The molecule has 34 heavy (non-hydrogen) atoms. The van der Waals surface area contributed by atoms with Crippen LogP contribution in [0.1, 0.15) is 11.1 Å². The third-order valence-corrected chi connectivity index (χ3v) is 7.30. The van der Waals surface area contributed by atoms with Gasteiger partial charge in [-0.3, -0.25) is 9.10 Å². The summed E-state index contributed by atoms with van der Waals surface area (Å²) in [5.41, 5.74) is 2.10. The van der Waals surface area contributed by atoms with Crippen LogP contribution >= 0.6 is 11.6 Å². The summed E-state index contributed by atoms with van der Waals surface area (Å²) in [6, 6.07) is 18.3. The van der Waals surface area contributed by atoms with Crippen LogP contribution in [0.15, 0.2) is 71.6 Å². The minimum Gasteiger partial charge on any atom is -0.493 e. The lowest BCUT2D eigenvalue weighted by atomic mass is 10.2. The molecule has 0 unspecified atom stereocenters. The molecule has 0 fully saturated rings. The van der Waals surface area contributed by atoms with E-state index in [-0.39, 0.29) is 23.9 Å². The van der Waals surface area contributed by atoms with Crippen molar-refractivity contribution in [2.45, 2.75) is 18.4 Å². The third kappa shape index (κ3) is 5.81. The van der Waals surface area contributed by atoms with Crippen LogP contribution in [0, 0.1) is 6.92 Å². The quantitative estimate of drug-likeness (QED) is 0.430. The molecule has 3 aromatic carbocycles. The van der Waals surface area contributed by atoms with Gasteiger partial charge in [0.05, 0.1) is 24.8 Å². The summed E-state index contributed by atoms with van der Waals surface area (Å²) in [5, 5.41) is 0.423. The summed E-state index contributed by atoms with van der Waals surface area (Å²) in [7, 11) is 0.699. The summed E-state index contributed by atoms with van der Waals surface area (Å²) in [6.07, 6.45) is 0. The molecule has 0 aliphatic carbocycles. The molecular weight excluding hydrogens is 476 g/mol. The second kappa shape index (κ2) is 10.8. The van der Waals surface area contributed by atoms with Crippen LogP contribution in [0.4, 0.5) is 5.69 Å². The van der Waals surface area contributed by atoms with Crippen molar-refractivity contribution < 1.29 is 22.7 Å². The van der Waals surface area contributed by atoms with Gasteiger partial charge in [0.2, 0.25) is 5.91 Å². The van der Waals surface area contributed by atoms with E-state index in [9.17, 15) is 13.2 Å². The number of anilines is 1. The van der Waals surface area contributed by atoms with E-state index < -0.39 is 10.0 Å². The molecule has 0 heterocycles. The molecule has 3 aromatic rings. The molecule has 180 valence electrons. The average molecular weight is 503 g/mol. The fourth-order valence-electron chi connectivity index (χ4n) is 3.42. The van der Waals surface area contributed by atoms with Crippen molar-refractivity contribution in [3.05, 3.63) is 82.9 Å². The molecule has 0 N–H and O–H groups in total. The Bertz CT molecular complexity index is 1260. The van der Waals surface area contributed by atoms with Crippen LogP contribution in [-0.2, 0) is 21.4 Å². The summed E-state index contributed by atoms with van der Waals surface area (Å²) in [4.78, 5) is 14.7. The Balaban J connectivity index is 1.89. The summed E-state index contributed by atoms with van der Waals surface area (Å²) in [6.45, 7) is 1.77. The van der Waals surface area contributed by atoms with E-state index in [1.54, 1.807) is 44.5 Å². The zero-order valence-electron chi connectivity index (χ0n) is 19.5.